The number of rotatable bonds is 3. The summed E-state index contributed by atoms with van der Waals surface area (Å²) < 4.78 is 11.3. The molecule has 1 aliphatic rings. The third-order valence-electron chi connectivity index (χ3n) is 2.31. The Morgan fingerprint density at radius 1 is 1.47 bits per heavy atom. The molecule has 0 fully saturated rings. The number of benzene rings is 1. The summed E-state index contributed by atoms with van der Waals surface area (Å²) in [5.74, 6) is 1.51. The lowest BCUT2D eigenvalue weighted by Crippen LogP contribution is -2.38. The zero-order valence-corrected chi connectivity index (χ0v) is 8.82. The smallest absolute Gasteiger partial charge is 0.163 e. The summed E-state index contributed by atoms with van der Waals surface area (Å²) in [6, 6.07) is 5.46. The third-order valence-corrected chi connectivity index (χ3v) is 2.31. The maximum Gasteiger partial charge on any atom is 0.163 e. The molecule has 4 nitrogen and oxygen atoms in total. The number of likely N-dealkylation sites (N-methyl/N-ethyl adjacent to an activating group) is 1. The Kier molecular flexibility index (Phi) is 2.97. The van der Waals surface area contributed by atoms with Crippen LogP contribution in [0.4, 0.5) is 5.69 Å². The Morgan fingerprint density at radius 2 is 2.33 bits per heavy atom. The molecule has 1 heterocycles. The van der Waals surface area contributed by atoms with Crippen molar-refractivity contribution in [2.24, 2.45) is 0 Å². The van der Waals surface area contributed by atoms with Crippen LogP contribution in [0, 0.1) is 0 Å². The number of hydrogen-bond acceptors (Lipinski definition) is 4. The fourth-order valence-electron chi connectivity index (χ4n) is 1.54. The largest absolute Gasteiger partial charge is 0.486 e. The molecule has 1 aliphatic heterocycles. The van der Waals surface area contributed by atoms with E-state index in [-0.39, 0.29) is 6.10 Å². The molecule has 0 bridgehead atoms. The standard InChI is InChI=1S/C11H16N2O2/c1-2-13-6-9-7-14-11-5-8(12)3-4-10(11)15-9/h3-5,9,13H,2,6-7,12H2,1H3. The number of nitrogens with one attached hydrogen (secondary N) is 1. The number of anilines is 1. The fourth-order valence-corrected chi connectivity index (χ4v) is 1.54. The zero-order chi connectivity index (χ0) is 10.7. The molecule has 0 aromatic heterocycles. The Balaban J connectivity index is 2.03. The average Bonchev–Trinajstić information content (AvgIpc) is 2.26. The molecule has 0 aliphatic carbocycles. The van der Waals surface area contributed by atoms with Gasteiger partial charge in [0, 0.05) is 18.3 Å². The van der Waals surface area contributed by atoms with E-state index in [4.69, 9.17) is 15.2 Å². The lowest BCUT2D eigenvalue weighted by molar-refractivity contribution is 0.0910. The van der Waals surface area contributed by atoms with Gasteiger partial charge in [0.05, 0.1) is 0 Å². The minimum atomic E-state index is 0.0843. The first-order chi connectivity index (χ1) is 7.29. The van der Waals surface area contributed by atoms with Crippen LogP contribution in [0.5, 0.6) is 11.5 Å². The second-order valence-corrected chi connectivity index (χ2v) is 3.56. The SMILES string of the molecule is CCNCC1COc2cc(N)ccc2O1. The van der Waals surface area contributed by atoms with Crippen molar-refractivity contribution in [1.29, 1.82) is 0 Å². The van der Waals surface area contributed by atoms with Crippen molar-refractivity contribution >= 4 is 5.69 Å². The second-order valence-electron chi connectivity index (χ2n) is 3.56. The molecular formula is C11H16N2O2. The van der Waals surface area contributed by atoms with Crippen LogP contribution in [0.3, 0.4) is 0 Å². The summed E-state index contributed by atoms with van der Waals surface area (Å²) in [5, 5.41) is 3.23. The Bertz CT molecular complexity index is 341. The second kappa shape index (κ2) is 4.40. The molecule has 1 unspecified atom stereocenters. The fraction of sp³-hybridized carbons (Fsp3) is 0.455. The zero-order valence-electron chi connectivity index (χ0n) is 8.82. The van der Waals surface area contributed by atoms with Crippen molar-refractivity contribution in [3.63, 3.8) is 0 Å². The predicted octanol–water partition coefficient (Wildman–Crippen LogP) is 1.02. The van der Waals surface area contributed by atoms with E-state index in [0.29, 0.717) is 12.3 Å². The van der Waals surface area contributed by atoms with Crippen molar-refractivity contribution in [1.82, 2.24) is 5.32 Å². The van der Waals surface area contributed by atoms with Crippen LogP contribution in [0.1, 0.15) is 6.92 Å². The highest BCUT2D eigenvalue weighted by Crippen LogP contribution is 2.33. The molecule has 0 saturated carbocycles. The molecule has 1 atom stereocenters. The van der Waals surface area contributed by atoms with Crippen molar-refractivity contribution < 1.29 is 9.47 Å². The first-order valence-corrected chi connectivity index (χ1v) is 5.19. The third kappa shape index (κ3) is 2.33. The van der Waals surface area contributed by atoms with Crippen molar-refractivity contribution in [2.45, 2.75) is 13.0 Å². The van der Waals surface area contributed by atoms with E-state index in [1.54, 1.807) is 6.07 Å². The topological polar surface area (TPSA) is 56.5 Å². The lowest BCUT2D eigenvalue weighted by Gasteiger charge is -2.26. The molecule has 82 valence electrons. The van der Waals surface area contributed by atoms with Crippen LogP contribution >= 0.6 is 0 Å². The van der Waals surface area contributed by atoms with Crippen LogP contribution in [-0.4, -0.2) is 25.8 Å². The molecule has 0 saturated heterocycles. The van der Waals surface area contributed by atoms with Crippen LogP contribution in [0.2, 0.25) is 0 Å². The normalized spacial score (nSPS) is 18.9. The van der Waals surface area contributed by atoms with Gasteiger partial charge in [0.25, 0.3) is 0 Å². The number of hydrogen-bond donors (Lipinski definition) is 2. The monoisotopic (exact) mass is 208 g/mol. The Labute approximate surface area is 89.4 Å². The van der Waals surface area contributed by atoms with Gasteiger partial charge in [-0.2, -0.15) is 0 Å². The molecule has 4 heteroatoms. The highest BCUT2D eigenvalue weighted by atomic mass is 16.6. The molecule has 1 aromatic rings. The minimum Gasteiger partial charge on any atom is -0.486 e. The van der Waals surface area contributed by atoms with Gasteiger partial charge in [0.1, 0.15) is 12.7 Å². The summed E-state index contributed by atoms with van der Waals surface area (Å²) in [6.45, 7) is 4.39. The maximum absolute atomic E-state index is 5.75. The van der Waals surface area contributed by atoms with Gasteiger partial charge in [0.15, 0.2) is 11.5 Å². The average molecular weight is 208 g/mol. The lowest BCUT2D eigenvalue weighted by atomic mass is 10.2. The van der Waals surface area contributed by atoms with Crippen LogP contribution < -0.4 is 20.5 Å². The first-order valence-electron chi connectivity index (χ1n) is 5.19. The quantitative estimate of drug-likeness (QED) is 0.728. The molecule has 2 rings (SSSR count). The molecule has 1 aromatic carbocycles. The molecule has 3 N–H and O–H groups in total. The van der Waals surface area contributed by atoms with Gasteiger partial charge >= 0.3 is 0 Å². The van der Waals surface area contributed by atoms with Gasteiger partial charge in [-0.15, -0.1) is 0 Å². The van der Waals surface area contributed by atoms with E-state index in [1.165, 1.54) is 0 Å². The van der Waals surface area contributed by atoms with Gasteiger partial charge in [-0.3, -0.25) is 0 Å². The van der Waals surface area contributed by atoms with Crippen molar-refractivity contribution in [2.75, 3.05) is 25.4 Å². The van der Waals surface area contributed by atoms with E-state index in [0.717, 1.165) is 24.6 Å². The summed E-state index contributed by atoms with van der Waals surface area (Å²) in [6.07, 6.45) is 0.0843. The van der Waals surface area contributed by atoms with E-state index in [1.807, 2.05) is 12.1 Å². The van der Waals surface area contributed by atoms with E-state index in [9.17, 15) is 0 Å². The molecular weight excluding hydrogens is 192 g/mol. The molecule has 15 heavy (non-hydrogen) atoms. The van der Waals surface area contributed by atoms with Crippen molar-refractivity contribution in [3.8, 4) is 11.5 Å². The van der Waals surface area contributed by atoms with E-state index < -0.39 is 0 Å². The molecule has 0 amide bonds. The summed E-state index contributed by atoms with van der Waals surface area (Å²) in [7, 11) is 0. The van der Waals surface area contributed by atoms with Gasteiger partial charge in [-0.05, 0) is 18.7 Å². The van der Waals surface area contributed by atoms with Gasteiger partial charge < -0.3 is 20.5 Å². The van der Waals surface area contributed by atoms with Crippen molar-refractivity contribution in [3.05, 3.63) is 18.2 Å². The number of fused-ring (bicyclic) bond motifs is 1. The molecule has 0 spiro atoms. The van der Waals surface area contributed by atoms with Crippen LogP contribution in [0.15, 0.2) is 18.2 Å². The van der Waals surface area contributed by atoms with Gasteiger partial charge in [-0.1, -0.05) is 6.92 Å². The Morgan fingerprint density at radius 3 is 3.13 bits per heavy atom. The summed E-state index contributed by atoms with van der Waals surface area (Å²) >= 11 is 0. The van der Waals surface area contributed by atoms with Crippen LogP contribution in [0.25, 0.3) is 0 Å². The van der Waals surface area contributed by atoms with Crippen LogP contribution in [-0.2, 0) is 0 Å². The number of ether oxygens (including phenoxy) is 2. The number of nitrogen functional groups attached to an aromatic ring is 1. The first kappa shape index (κ1) is 10.1. The highest BCUT2D eigenvalue weighted by molar-refractivity contribution is 5.52. The maximum atomic E-state index is 5.75. The Hall–Kier alpha value is -1.42. The summed E-state index contributed by atoms with van der Waals surface area (Å²) in [5.41, 5.74) is 6.35. The number of nitrogens with two attached hydrogens (primary N) is 1. The highest BCUT2D eigenvalue weighted by Gasteiger charge is 2.20. The predicted molar refractivity (Wildman–Crippen MR) is 59.3 cm³/mol. The van der Waals surface area contributed by atoms with Gasteiger partial charge in [-0.25, -0.2) is 0 Å². The van der Waals surface area contributed by atoms with E-state index in [2.05, 4.69) is 12.2 Å². The minimum absolute atomic E-state index is 0.0843. The molecule has 0 radical (unpaired) electrons. The summed E-state index contributed by atoms with van der Waals surface area (Å²) in [4.78, 5) is 0. The van der Waals surface area contributed by atoms with Gasteiger partial charge in [0.2, 0.25) is 0 Å². The van der Waals surface area contributed by atoms with E-state index >= 15 is 0 Å².